The number of carboxylic acid groups (broad SMARTS) is 1. The van der Waals surface area contributed by atoms with Crippen LogP contribution < -0.4 is 5.32 Å². The lowest BCUT2D eigenvalue weighted by Gasteiger charge is -2.24. The highest BCUT2D eigenvalue weighted by Crippen LogP contribution is 2.22. The van der Waals surface area contributed by atoms with Crippen LogP contribution in [0.25, 0.3) is 5.69 Å². The normalized spacial score (nSPS) is 13.5. The standard InChI is InChI=1S/C11H11N5O3/c1-11(10(18)19,12-7-17)8-3-2-4-9(5-8)16-6-13-14-15-16/h2-7H,1H3,(H,12,17)(H,18,19). The third-order valence-electron chi connectivity index (χ3n) is 2.81. The number of rotatable bonds is 5. The number of benzene rings is 1. The molecule has 1 amide bonds. The summed E-state index contributed by atoms with van der Waals surface area (Å²) in [6, 6.07) is 6.60. The Bertz CT molecular complexity index is 598. The Balaban J connectivity index is 2.47. The molecule has 8 heteroatoms. The number of hydrogen-bond donors (Lipinski definition) is 2. The van der Waals surface area contributed by atoms with Crippen molar-refractivity contribution < 1.29 is 14.7 Å². The number of carboxylic acids is 1. The van der Waals surface area contributed by atoms with Gasteiger partial charge in [0.1, 0.15) is 6.33 Å². The van der Waals surface area contributed by atoms with Crippen molar-refractivity contribution in [1.29, 1.82) is 0 Å². The number of aliphatic carboxylic acids is 1. The van der Waals surface area contributed by atoms with Crippen molar-refractivity contribution >= 4 is 12.4 Å². The second-order valence-corrected chi connectivity index (χ2v) is 4.00. The summed E-state index contributed by atoms with van der Waals surface area (Å²) in [5, 5.41) is 22.3. The molecule has 1 aromatic heterocycles. The molecule has 98 valence electrons. The minimum Gasteiger partial charge on any atom is -0.479 e. The van der Waals surface area contributed by atoms with Crippen LogP contribution in [0.2, 0.25) is 0 Å². The largest absolute Gasteiger partial charge is 0.479 e. The quantitative estimate of drug-likeness (QED) is 0.715. The van der Waals surface area contributed by atoms with Crippen LogP contribution in [0.1, 0.15) is 12.5 Å². The fourth-order valence-electron chi connectivity index (χ4n) is 1.63. The molecule has 0 saturated heterocycles. The highest BCUT2D eigenvalue weighted by Gasteiger charge is 2.34. The van der Waals surface area contributed by atoms with E-state index in [1.165, 1.54) is 17.9 Å². The monoisotopic (exact) mass is 261 g/mol. The van der Waals surface area contributed by atoms with Crippen LogP contribution in [0, 0.1) is 0 Å². The molecule has 0 bridgehead atoms. The molecule has 1 atom stereocenters. The number of carbonyl (C=O) groups is 2. The minimum atomic E-state index is -1.51. The molecule has 1 unspecified atom stereocenters. The number of carbonyl (C=O) groups excluding carboxylic acids is 1. The van der Waals surface area contributed by atoms with Gasteiger partial charge in [0, 0.05) is 0 Å². The lowest BCUT2D eigenvalue weighted by atomic mass is 9.92. The molecule has 1 aromatic carbocycles. The van der Waals surface area contributed by atoms with Gasteiger partial charge in [-0.2, -0.15) is 0 Å². The molecule has 0 aliphatic heterocycles. The van der Waals surface area contributed by atoms with E-state index in [1.807, 2.05) is 0 Å². The van der Waals surface area contributed by atoms with Gasteiger partial charge in [-0.15, -0.1) is 5.10 Å². The van der Waals surface area contributed by atoms with Gasteiger partial charge < -0.3 is 10.4 Å². The molecule has 0 aliphatic carbocycles. The van der Waals surface area contributed by atoms with E-state index in [4.69, 9.17) is 0 Å². The number of hydrogen-bond acceptors (Lipinski definition) is 5. The highest BCUT2D eigenvalue weighted by atomic mass is 16.4. The Morgan fingerprint density at radius 2 is 2.32 bits per heavy atom. The fraction of sp³-hybridized carbons (Fsp3) is 0.182. The minimum absolute atomic E-state index is 0.359. The number of aromatic nitrogens is 4. The van der Waals surface area contributed by atoms with E-state index in [2.05, 4.69) is 20.8 Å². The lowest BCUT2D eigenvalue weighted by Crippen LogP contribution is -2.46. The average molecular weight is 261 g/mol. The molecule has 2 N–H and O–H groups in total. The highest BCUT2D eigenvalue weighted by molar-refractivity contribution is 5.83. The van der Waals surface area contributed by atoms with E-state index in [9.17, 15) is 14.7 Å². The van der Waals surface area contributed by atoms with Gasteiger partial charge in [-0.1, -0.05) is 12.1 Å². The first kappa shape index (κ1) is 12.7. The van der Waals surface area contributed by atoms with Crippen LogP contribution in [0.4, 0.5) is 0 Å². The topological polar surface area (TPSA) is 110 Å². The van der Waals surface area contributed by atoms with Crippen molar-refractivity contribution in [1.82, 2.24) is 25.5 Å². The predicted molar refractivity (Wildman–Crippen MR) is 63.3 cm³/mol. The molecule has 2 rings (SSSR count). The first-order chi connectivity index (χ1) is 9.08. The maximum absolute atomic E-state index is 11.3. The molecule has 0 aliphatic rings. The van der Waals surface area contributed by atoms with Crippen molar-refractivity contribution in [2.75, 3.05) is 0 Å². The summed E-state index contributed by atoms with van der Waals surface area (Å²) in [6.07, 6.45) is 1.75. The molecule has 0 spiro atoms. The second kappa shape index (κ2) is 4.84. The number of tetrazole rings is 1. The summed E-state index contributed by atoms with van der Waals surface area (Å²) >= 11 is 0. The van der Waals surface area contributed by atoms with Gasteiger partial charge in [0.25, 0.3) is 0 Å². The van der Waals surface area contributed by atoms with Crippen molar-refractivity contribution in [2.24, 2.45) is 0 Å². The van der Waals surface area contributed by atoms with Crippen LogP contribution in [-0.4, -0.2) is 37.7 Å². The third-order valence-corrected chi connectivity index (χ3v) is 2.81. The van der Waals surface area contributed by atoms with Gasteiger partial charge in [-0.05, 0) is 35.0 Å². The zero-order valence-corrected chi connectivity index (χ0v) is 10.0. The summed E-state index contributed by atoms with van der Waals surface area (Å²) in [5.74, 6) is -1.16. The Morgan fingerprint density at radius 1 is 1.53 bits per heavy atom. The molecule has 0 saturated carbocycles. The average Bonchev–Trinajstić information content (AvgIpc) is 2.93. The van der Waals surface area contributed by atoms with Gasteiger partial charge in [0.05, 0.1) is 5.69 Å². The molecule has 0 radical (unpaired) electrons. The van der Waals surface area contributed by atoms with Crippen LogP contribution in [-0.2, 0) is 15.1 Å². The van der Waals surface area contributed by atoms with Crippen molar-refractivity contribution in [3.05, 3.63) is 36.2 Å². The first-order valence-corrected chi connectivity index (χ1v) is 5.36. The van der Waals surface area contributed by atoms with Crippen molar-refractivity contribution in [2.45, 2.75) is 12.5 Å². The molecule has 8 nitrogen and oxygen atoms in total. The molecule has 2 aromatic rings. The molecule has 1 heterocycles. The van der Waals surface area contributed by atoms with E-state index >= 15 is 0 Å². The summed E-state index contributed by atoms with van der Waals surface area (Å²) in [5.41, 5.74) is -0.492. The predicted octanol–water partition coefficient (Wildman–Crippen LogP) is -0.292. The van der Waals surface area contributed by atoms with Crippen LogP contribution in [0.15, 0.2) is 30.6 Å². The third kappa shape index (κ3) is 2.28. The molecule has 0 fully saturated rings. The Hall–Kier alpha value is -2.77. The van der Waals surface area contributed by atoms with E-state index in [-0.39, 0.29) is 0 Å². The molecule has 19 heavy (non-hydrogen) atoms. The first-order valence-electron chi connectivity index (χ1n) is 5.36. The van der Waals surface area contributed by atoms with Crippen molar-refractivity contribution in [3.63, 3.8) is 0 Å². The van der Waals surface area contributed by atoms with Crippen molar-refractivity contribution in [3.8, 4) is 5.69 Å². The molecular formula is C11H11N5O3. The van der Waals surface area contributed by atoms with Gasteiger partial charge in [-0.3, -0.25) is 4.79 Å². The zero-order valence-electron chi connectivity index (χ0n) is 10.0. The lowest BCUT2D eigenvalue weighted by molar-refractivity contribution is -0.145. The summed E-state index contributed by atoms with van der Waals surface area (Å²) < 4.78 is 1.40. The van der Waals surface area contributed by atoms with E-state index in [0.717, 1.165) is 0 Å². The van der Waals surface area contributed by atoms with E-state index in [1.54, 1.807) is 24.3 Å². The zero-order chi connectivity index (χ0) is 13.9. The number of nitrogens with one attached hydrogen (secondary N) is 1. The van der Waals surface area contributed by atoms with Crippen LogP contribution >= 0.6 is 0 Å². The summed E-state index contributed by atoms with van der Waals surface area (Å²) in [6.45, 7) is 1.41. The van der Waals surface area contributed by atoms with Crippen LogP contribution in [0.5, 0.6) is 0 Å². The summed E-state index contributed by atoms with van der Waals surface area (Å²) in [7, 11) is 0. The fourth-order valence-corrected chi connectivity index (χ4v) is 1.63. The number of amides is 1. The maximum atomic E-state index is 11.3. The Kier molecular flexibility index (Phi) is 3.23. The van der Waals surface area contributed by atoms with Gasteiger partial charge >= 0.3 is 5.97 Å². The van der Waals surface area contributed by atoms with Gasteiger partial charge in [0.2, 0.25) is 6.41 Å². The summed E-state index contributed by atoms with van der Waals surface area (Å²) in [4.78, 5) is 21.9. The van der Waals surface area contributed by atoms with E-state index in [0.29, 0.717) is 17.7 Å². The van der Waals surface area contributed by atoms with Gasteiger partial charge in [0.15, 0.2) is 5.54 Å². The SMILES string of the molecule is CC(NC=O)(C(=O)O)c1cccc(-n2cnnn2)c1. The van der Waals surface area contributed by atoms with Crippen LogP contribution in [0.3, 0.4) is 0 Å². The number of nitrogens with zero attached hydrogens (tertiary/aromatic N) is 4. The van der Waals surface area contributed by atoms with Gasteiger partial charge in [-0.25, -0.2) is 9.48 Å². The Labute approximate surface area is 108 Å². The smallest absolute Gasteiger partial charge is 0.333 e. The van der Waals surface area contributed by atoms with E-state index < -0.39 is 11.5 Å². The second-order valence-electron chi connectivity index (χ2n) is 4.00. The molecular weight excluding hydrogens is 250 g/mol. The maximum Gasteiger partial charge on any atom is 0.333 e. The Morgan fingerprint density at radius 3 is 2.89 bits per heavy atom.